The Hall–Kier alpha value is -2.04. The number of oxime groups is 1. The predicted molar refractivity (Wildman–Crippen MR) is 93.2 cm³/mol. The second-order valence-corrected chi connectivity index (χ2v) is 6.56. The molecule has 1 heterocycles. The lowest BCUT2D eigenvalue weighted by Gasteiger charge is -2.26. The number of benzene rings is 1. The van der Waals surface area contributed by atoms with E-state index in [0.29, 0.717) is 6.54 Å². The van der Waals surface area contributed by atoms with Gasteiger partial charge in [-0.2, -0.15) is 0 Å². The third-order valence-corrected chi connectivity index (χ3v) is 4.98. The summed E-state index contributed by atoms with van der Waals surface area (Å²) >= 11 is 0. The molecule has 0 spiro atoms. The molecule has 1 fully saturated rings. The first-order valence-electron chi connectivity index (χ1n) is 8.87. The molecule has 1 atom stereocenters. The number of carbonyl (C=O) groups excluding carboxylic acids is 1. The van der Waals surface area contributed by atoms with E-state index in [0.717, 1.165) is 42.8 Å². The maximum absolute atomic E-state index is 12.6. The first-order chi connectivity index (χ1) is 11.7. The summed E-state index contributed by atoms with van der Waals surface area (Å²) in [6.45, 7) is 3.38. The number of nitrogens with zero attached hydrogens (tertiary/aromatic N) is 2. The van der Waals surface area contributed by atoms with Crippen LogP contribution in [-0.4, -0.2) is 42.8 Å². The van der Waals surface area contributed by atoms with E-state index in [4.69, 9.17) is 9.57 Å². The number of rotatable bonds is 6. The lowest BCUT2D eigenvalue weighted by Crippen LogP contribution is -2.40. The van der Waals surface area contributed by atoms with Crippen LogP contribution >= 0.6 is 0 Å². The zero-order chi connectivity index (χ0) is 16.9. The molecule has 5 heteroatoms. The van der Waals surface area contributed by atoms with Gasteiger partial charge in [0.25, 0.3) is 0 Å². The number of hydrogen-bond donors (Lipinski definition) is 0. The van der Waals surface area contributed by atoms with Gasteiger partial charge in [-0.1, -0.05) is 18.0 Å². The molecule has 0 N–H and O–H groups in total. The van der Waals surface area contributed by atoms with Crippen LogP contribution in [0.3, 0.4) is 0 Å². The Bertz CT molecular complexity index is 591. The summed E-state index contributed by atoms with van der Waals surface area (Å²) in [6, 6.07) is 7.83. The second-order valence-electron chi connectivity index (χ2n) is 6.56. The Morgan fingerprint density at radius 1 is 1.29 bits per heavy atom. The fraction of sp³-hybridized carbons (Fsp3) is 0.579. The summed E-state index contributed by atoms with van der Waals surface area (Å²) in [5, 5.41) is 4.22. The molecular formula is C19H26N2O3. The lowest BCUT2D eigenvalue weighted by molar-refractivity contribution is -0.136. The monoisotopic (exact) mass is 330 g/mol. The molecule has 0 aromatic heterocycles. The van der Waals surface area contributed by atoms with Gasteiger partial charge in [-0.05, 0) is 49.6 Å². The van der Waals surface area contributed by atoms with E-state index in [1.807, 2.05) is 36.1 Å². The van der Waals surface area contributed by atoms with Gasteiger partial charge in [0, 0.05) is 18.9 Å². The average molecular weight is 330 g/mol. The maximum atomic E-state index is 12.6. The van der Waals surface area contributed by atoms with Gasteiger partial charge in [0.1, 0.15) is 5.75 Å². The number of likely N-dealkylation sites (N-methyl/N-ethyl adjacent to an activating group) is 1. The summed E-state index contributed by atoms with van der Waals surface area (Å²) < 4.78 is 5.18. The van der Waals surface area contributed by atoms with E-state index in [1.165, 1.54) is 12.8 Å². The molecular weight excluding hydrogens is 304 g/mol. The van der Waals surface area contributed by atoms with Gasteiger partial charge >= 0.3 is 0 Å². The lowest BCUT2D eigenvalue weighted by atomic mass is 10.0. The minimum atomic E-state index is -0.0487. The first-order valence-corrected chi connectivity index (χ1v) is 8.87. The molecule has 0 unspecified atom stereocenters. The average Bonchev–Trinajstić information content (AvgIpc) is 3.31. The van der Waals surface area contributed by atoms with Crippen molar-refractivity contribution >= 4 is 11.6 Å². The molecule has 1 aliphatic carbocycles. The Kier molecular flexibility index (Phi) is 5.38. The smallest absolute Gasteiger partial charge is 0.225 e. The van der Waals surface area contributed by atoms with Gasteiger partial charge in [0.15, 0.2) is 6.10 Å². The highest BCUT2D eigenvalue weighted by atomic mass is 16.6. The molecule has 1 aromatic carbocycles. The van der Waals surface area contributed by atoms with Gasteiger partial charge in [-0.25, -0.2) is 0 Å². The zero-order valence-corrected chi connectivity index (χ0v) is 14.5. The standard InChI is InChI=1S/C19H26N2O3/c1-3-21(19(22)15-6-4-5-7-15)13-17-12-18(20-24-17)14-8-10-16(23-2)11-9-14/h8-11,15,17H,3-7,12-13H2,1-2H3/t17-/m1/s1. The fourth-order valence-electron chi connectivity index (χ4n) is 3.53. The van der Waals surface area contributed by atoms with Crippen LogP contribution in [0.2, 0.25) is 0 Å². The molecule has 24 heavy (non-hydrogen) atoms. The SMILES string of the molecule is CCN(C[C@H]1CC(c2ccc(OC)cc2)=NO1)C(=O)C1CCCC1. The molecule has 3 rings (SSSR count). The number of hydrogen-bond acceptors (Lipinski definition) is 4. The zero-order valence-electron chi connectivity index (χ0n) is 14.5. The third-order valence-electron chi connectivity index (χ3n) is 4.98. The highest BCUT2D eigenvalue weighted by Crippen LogP contribution is 2.27. The first kappa shape index (κ1) is 16.8. The number of ether oxygens (including phenoxy) is 1. The molecule has 0 bridgehead atoms. The summed E-state index contributed by atoms with van der Waals surface area (Å²) in [5.74, 6) is 1.33. The minimum Gasteiger partial charge on any atom is -0.497 e. The van der Waals surface area contributed by atoms with Gasteiger partial charge in [0.05, 0.1) is 19.4 Å². The normalized spacial score (nSPS) is 20.6. The summed E-state index contributed by atoms with van der Waals surface area (Å²) in [7, 11) is 1.65. The van der Waals surface area contributed by atoms with Crippen LogP contribution < -0.4 is 4.74 Å². The van der Waals surface area contributed by atoms with E-state index in [2.05, 4.69) is 5.16 Å². The van der Waals surface area contributed by atoms with Crippen LogP contribution in [0.1, 0.15) is 44.6 Å². The molecule has 1 aromatic rings. The van der Waals surface area contributed by atoms with Crippen LogP contribution in [0.4, 0.5) is 0 Å². The van der Waals surface area contributed by atoms with E-state index in [9.17, 15) is 4.79 Å². The molecule has 0 saturated heterocycles. The quantitative estimate of drug-likeness (QED) is 0.805. The second kappa shape index (κ2) is 7.69. The van der Waals surface area contributed by atoms with Gasteiger partial charge < -0.3 is 14.5 Å². The van der Waals surface area contributed by atoms with E-state index >= 15 is 0 Å². The number of methoxy groups -OCH3 is 1. The van der Waals surface area contributed by atoms with Crippen molar-refractivity contribution in [1.29, 1.82) is 0 Å². The molecule has 130 valence electrons. The Morgan fingerprint density at radius 3 is 2.62 bits per heavy atom. The summed E-state index contributed by atoms with van der Waals surface area (Å²) in [5.41, 5.74) is 1.98. The van der Waals surface area contributed by atoms with Gasteiger partial charge in [-0.15, -0.1) is 0 Å². The molecule has 1 amide bonds. The summed E-state index contributed by atoms with van der Waals surface area (Å²) in [4.78, 5) is 20.1. The van der Waals surface area contributed by atoms with Crippen LogP contribution in [-0.2, 0) is 9.63 Å². The Balaban J connectivity index is 1.56. The highest BCUT2D eigenvalue weighted by Gasteiger charge is 2.30. The molecule has 2 aliphatic rings. The maximum Gasteiger partial charge on any atom is 0.225 e. The van der Waals surface area contributed by atoms with Crippen LogP contribution in [0, 0.1) is 5.92 Å². The number of carbonyl (C=O) groups is 1. The van der Waals surface area contributed by atoms with Crippen molar-refractivity contribution < 1.29 is 14.4 Å². The van der Waals surface area contributed by atoms with Crippen LogP contribution in [0.15, 0.2) is 29.4 Å². The van der Waals surface area contributed by atoms with Gasteiger partial charge in [-0.3, -0.25) is 4.79 Å². The van der Waals surface area contributed by atoms with Crippen molar-refractivity contribution in [1.82, 2.24) is 4.90 Å². The van der Waals surface area contributed by atoms with Crippen molar-refractivity contribution in [2.24, 2.45) is 11.1 Å². The largest absolute Gasteiger partial charge is 0.497 e. The molecule has 0 radical (unpaired) electrons. The summed E-state index contributed by atoms with van der Waals surface area (Å²) in [6.07, 6.45) is 5.12. The third kappa shape index (κ3) is 3.71. The number of amides is 1. The Labute approximate surface area is 143 Å². The Morgan fingerprint density at radius 2 is 2.00 bits per heavy atom. The van der Waals surface area contributed by atoms with Crippen molar-refractivity contribution in [3.63, 3.8) is 0 Å². The highest BCUT2D eigenvalue weighted by molar-refractivity contribution is 6.01. The topological polar surface area (TPSA) is 51.1 Å². The van der Waals surface area contributed by atoms with Crippen molar-refractivity contribution in [3.8, 4) is 5.75 Å². The fourth-order valence-corrected chi connectivity index (χ4v) is 3.53. The van der Waals surface area contributed by atoms with Crippen molar-refractivity contribution in [3.05, 3.63) is 29.8 Å². The van der Waals surface area contributed by atoms with Gasteiger partial charge in [0.2, 0.25) is 5.91 Å². The minimum absolute atomic E-state index is 0.0487. The molecule has 1 aliphatic heterocycles. The van der Waals surface area contributed by atoms with Crippen LogP contribution in [0.25, 0.3) is 0 Å². The molecule has 1 saturated carbocycles. The molecule has 5 nitrogen and oxygen atoms in total. The predicted octanol–water partition coefficient (Wildman–Crippen LogP) is 3.23. The van der Waals surface area contributed by atoms with E-state index in [-0.39, 0.29) is 17.9 Å². The van der Waals surface area contributed by atoms with Crippen molar-refractivity contribution in [2.45, 2.75) is 45.1 Å². The van der Waals surface area contributed by atoms with Crippen molar-refractivity contribution in [2.75, 3.05) is 20.2 Å². The van der Waals surface area contributed by atoms with Crippen LogP contribution in [0.5, 0.6) is 5.75 Å². The van der Waals surface area contributed by atoms with E-state index in [1.54, 1.807) is 7.11 Å². The van der Waals surface area contributed by atoms with E-state index < -0.39 is 0 Å².